The highest BCUT2D eigenvalue weighted by Gasteiger charge is 2.19. The van der Waals surface area contributed by atoms with E-state index in [1.54, 1.807) is 122 Å². The van der Waals surface area contributed by atoms with Gasteiger partial charge >= 0.3 is 0 Å². The van der Waals surface area contributed by atoms with Gasteiger partial charge in [-0.2, -0.15) is 0 Å². The number of rotatable bonds is 23. The Morgan fingerprint density at radius 3 is 0.819 bits per heavy atom. The van der Waals surface area contributed by atoms with Crippen LogP contribution in [0.2, 0.25) is 0 Å². The van der Waals surface area contributed by atoms with Crippen molar-refractivity contribution in [2.24, 2.45) is 0 Å². The van der Waals surface area contributed by atoms with E-state index < -0.39 is 23.6 Å². The van der Waals surface area contributed by atoms with Gasteiger partial charge in [0.05, 0.1) is 22.3 Å². The summed E-state index contributed by atoms with van der Waals surface area (Å²) in [6.45, 7) is 4.73. The van der Waals surface area contributed by atoms with Crippen molar-refractivity contribution in [2.45, 2.75) is 25.7 Å². The zero-order chi connectivity index (χ0) is 50.4. The first kappa shape index (κ1) is 49.9. The van der Waals surface area contributed by atoms with E-state index in [9.17, 15) is 39.6 Å². The number of phenolic OH excluding ortho intramolecular Hbond substituents is 4. The Kier molecular flexibility index (Phi) is 16.6. The third-order valence-electron chi connectivity index (χ3n) is 12.4. The first-order valence-corrected chi connectivity index (χ1v) is 23.9. The molecule has 0 fully saturated rings. The van der Waals surface area contributed by atoms with Crippen LogP contribution in [0.15, 0.2) is 122 Å². The molecule has 18 heteroatoms. The molecule has 0 spiro atoms. The topological polar surface area (TPSA) is 255 Å². The number of hydrogen-bond donors (Lipinski definition) is 8. The number of carbonyl (C=O) groups excluding carboxylic acids is 4. The van der Waals surface area contributed by atoms with Crippen LogP contribution in [0.5, 0.6) is 23.0 Å². The van der Waals surface area contributed by atoms with Crippen LogP contribution in [0.4, 0.5) is 0 Å². The van der Waals surface area contributed by atoms with E-state index in [4.69, 9.17) is 0 Å². The summed E-state index contributed by atoms with van der Waals surface area (Å²) >= 11 is 0. The molecule has 4 aromatic heterocycles. The second kappa shape index (κ2) is 23.9. The molecule has 4 aromatic carbocycles. The molecule has 370 valence electrons. The van der Waals surface area contributed by atoms with Gasteiger partial charge in [-0.15, -0.1) is 0 Å². The highest BCUT2D eigenvalue weighted by molar-refractivity contribution is 6.05. The Hall–Kier alpha value is -8.48. The Morgan fingerprint density at radius 1 is 0.347 bits per heavy atom. The molecule has 0 unspecified atom stereocenters. The van der Waals surface area contributed by atoms with Gasteiger partial charge in [-0.05, 0) is 100 Å². The first-order valence-electron chi connectivity index (χ1n) is 23.9. The smallest absolute Gasteiger partial charge is 0.255 e. The van der Waals surface area contributed by atoms with Gasteiger partial charge in [-0.1, -0.05) is 48.5 Å². The molecular formula is C54H56N10O8. The molecule has 8 N–H and O–H groups in total. The molecule has 0 saturated carbocycles. The summed E-state index contributed by atoms with van der Waals surface area (Å²) in [5.74, 6) is -2.44. The van der Waals surface area contributed by atoms with Gasteiger partial charge in [0.2, 0.25) is 0 Å². The number of fused-ring (bicyclic) bond motifs is 4. The number of carbonyl (C=O) groups is 4. The van der Waals surface area contributed by atoms with Crippen LogP contribution in [-0.4, -0.2) is 139 Å². The molecule has 0 aliphatic carbocycles. The lowest BCUT2D eigenvalue weighted by molar-refractivity contribution is 0.0935. The van der Waals surface area contributed by atoms with Crippen LogP contribution in [0.3, 0.4) is 0 Å². The predicted octanol–water partition coefficient (Wildman–Crippen LogP) is 5.89. The minimum atomic E-state index is -0.424. The van der Waals surface area contributed by atoms with Crippen molar-refractivity contribution in [3.8, 4) is 23.0 Å². The average molecular weight is 973 g/mol. The summed E-state index contributed by atoms with van der Waals surface area (Å²) in [6.07, 6.45) is 8.48. The fraction of sp³-hybridized carbons (Fsp3) is 0.259. The Morgan fingerprint density at radius 2 is 0.583 bits per heavy atom. The zero-order valence-corrected chi connectivity index (χ0v) is 39.6. The largest absolute Gasteiger partial charge is 0.505 e. The number of nitrogens with one attached hydrogen (secondary N) is 4. The predicted molar refractivity (Wildman–Crippen MR) is 274 cm³/mol. The normalized spacial score (nSPS) is 11.4. The van der Waals surface area contributed by atoms with E-state index in [1.165, 1.54) is 0 Å². The molecule has 0 atom stereocenters. The molecular weight excluding hydrogens is 917 g/mol. The van der Waals surface area contributed by atoms with Crippen LogP contribution < -0.4 is 21.3 Å². The number of aromatic nitrogens is 4. The molecule has 0 radical (unpaired) electrons. The molecule has 0 aliphatic rings. The third kappa shape index (κ3) is 12.1. The summed E-state index contributed by atoms with van der Waals surface area (Å²) in [7, 11) is 0. The molecule has 8 aromatic rings. The van der Waals surface area contributed by atoms with Gasteiger partial charge in [0.25, 0.3) is 23.6 Å². The zero-order valence-electron chi connectivity index (χ0n) is 39.6. The van der Waals surface area contributed by atoms with E-state index in [-0.39, 0.29) is 45.3 Å². The third-order valence-corrected chi connectivity index (χ3v) is 12.4. The second-order valence-corrected chi connectivity index (χ2v) is 17.3. The highest BCUT2D eigenvalue weighted by atomic mass is 16.3. The molecule has 18 nitrogen and oxygen atoms in total. The number of aromatic hydroxyl groups is 4. The van der Waals surface area contributed by atoms with Gasteiger partial charge in [0.15, 0.2) is 23.0 Å². The number of benzene rings is 4. The van der Waals surface area contributed by atoms with Gasteiger partial charge in [-0.3, -0.25) is 39.1 Å². The number of hydrogen-bond acceptors (Lipinski definition) is 14. The number of phenols is 4. The van der Waals surface area contributed by atoms with E-state index in [1.807, 2.05) is 0 Å². The maximum absolute atomic E-state index is 13.2. The van der Waals surface area contributed by atoms with Gasteiger partial charge in [0, 0.05) is 85.6 Å². The summed E-state index contributed by atoms with van der Waals surface area (Å²) in [5, 5.41) is 57.9. The Labute approximate surface area is 414 Å². The molecule has 8 rings (SSSR count). The lowest BCUT2D eigenvalue weighted by Crippen LogP contribution is -2.40. The molecule has 0 aliphatic heterocycles. The molecule has 4 heterocycles. The van der Waals surface area contributed by atoms with E-state index >= 15 is 0 Å². The van der Waals surface area contributed by atoms with E-state index in [2.05, 4.69) is 51.0 Å². The fourth-order valence-electron chi connectivity index (χ4n) is 8.60. The lowest BCUT2D eigenvalue weighted by atomic mass is 10.1. The molecule has 72 heavy (non-hydrogen) atoms. The quantitative estimate of drug-likeness (QED) is 0.0348. The van der Waals surface area contributed by atoms with Crippen LogP contribution >= 0.6 is 0 Å². The monoisotopic (exact) mass is 972 g/mol. The van der Waals surface area contributed by atoms with Crippen molar-refractivity contribution in [1.29, 1.82) is 0 Å². The Balaban J connectivity index is 0.903. The molecule has 4 amide bonds. The standard InChI is InChI=1S/C54H56N10O8/c65-47-39(17-13-35-9-1-21-55-43(35)47)51(69)59-25-5-29-63(30-6-26-60-52(70)40-18-14-36-10-2-22-56-44(36)48(40)66)33-34-64(31-7-27-61-53(71)41-19-15-37-11-3-23-57-45(37)49(41)67)32-8-28-62-54(72)42-20-16-38-12-4-24-58-46(38)50(42)68/h1-4,9-24,65-68H,5-8,25-34H2,(H,59,69)(H,60,70)(H,61,71)(H,62,72). The average Bonchev–Trinajstić information content (AvgIpc) is 3.40. The lowest BCUT2D eigenvalue weighted by Gasteiger charge is -2.28. The van der Waals surface area contributed by atoms with Crippen molar-refractivity contribution >= 4 is 67.2 Å². The van der Waals surface area contributed by atoms with E-state index in [0.717, 1.165) is 0 Å². The van der Waals surface area contributed by atoms with Crippen molar-refractivity contribution < 1.29 is 39.6 Å². The number of pyridine rings is 4. The summed E-state index contributed by atoms with van der Waals surface area (Å²) < 4.78 is 0. The number of nitrogens with zero attached hydrogens (tertiary/aromatic N) is 6. The van der Waals surface area contributed by atoms with Crippen LogP contribution in [0.1, 0.15) is 67.1 Å². The maximum Gasteiger partial charge on any atom is 0.255 e. The minimum Gasteiger partial charge on any atom is -0.505 e. The summed E-state index contributed by atoms with van der Waals surface area (Å²) in [5.41, 5.74) is 1.87. The van der Waals surface area contributed by atoms with Crippen molar-refractivity contribution in [3.05, 3.63) is 144 Å². The van der Waals surface area contributed by atoms with E-state index in [0.29, 0.717) is 135 Å². The van der Waals surface area contributed by atoms with Gasteiger partial charge in [-0.25, -0.2) is 0 Å². The molecule has 0 saturated heterocycles. The summed E-state index contributed by atoms with van der Waals surface area (Å²) in [4.78, 5) is 74.3. The number of amides is 4. The van der Waals surface area contributed by atoms with Crippen LogP contribution in [0, 0.1) is 0 Å². The second-order valence-electron chi connectivity index (χ2n) is 17.3. The first-order chi connectivity index (χ1) is 35.1. The molecule has 0 bridgehead atoms. The van der Waals surface area contributed by atoms with Crippen molar-refractivity contribution in [2.75, 3.05) is 65.4 Å². The minimum absolute atomic E-state index is 0.127. The maximum atomic E-state index is 13.2. The summed E-state index contributed by atoms with van der Waals surface area (Å²) in [6, 6.07) is 27.5. The van der Waals surface area contributed by atoms with Gasteiger partial charge in [0.1, 0.15) is 22.1 Å². The van der Waals surface area contributed by atoms with Crippen LogP contribution in [0.25, 0.3) is 43.6 Å². The van der Waals surface area contributed by atoms with Crippen molar-refractivity contribution in [3.63, 3.8) is 0 Å². The Bertz CT molecular complexity index is 2820. The SMILES string of the molecule is O=C(NCCCN(CCCNC(=O)c1ccc2cccnc2c1O)CCN(CCCNC(=O)c1ccc2cccnc2c1O)CCCNC(=O)c1ccc2cccnc2c1O)c1ccc2cccnc2c1O. The fourth-order valence-corrected chi connectivity index (χ4v) is 8.60. The van der Waals surface area contributed by atoms with Gasteiger partial charge < -0.3 is 51.5 Å². The van der Waals surface area contributed by atoms with Crippen molar-refractivity contribution in [1.82, 2.24) is 51.0 Å². The van der Waals surface area contributed by atoms with Crippen LogP contribution in [-0.2, 0) is 0 Å². The highest BCUT2D eigenvalue weighted by Crippen LogP contribution is 2.30.